The van der Waals surface area contributed by atoms with Crippen LogP contribution in [0, 0.1) is 5.41 Å². The van der Waals surface area contributed by atoms with Gasteiger partial charge in [0.1, 0.15) is 11.0 Å². The summed E-state index contributed by atoms with van der Waals surface area (Å²) in [6.45, 7) is 3.61. The Bertz CT molecular complexity index is 1160. The molecule has 0 atom stereocenters. The Kier molecular flexibility index (Phi) is 4.02. The van der Waals surface area contributed by atoms with Crippen LogP contribution in [-0.4, -0.2) is 41.8 Å². The summed E-state index contributed by atoms with van der Waals surface area (Å²) < 4.78 is 2.60. The van der Waals surface area contributed by atoms with Crippen LogP contribution in [0.5, 0.6) is 0 Å². The van der Waals surface area contributed by atoms with Crippen molar-refractivity contribution in [3.8, 4) is 0 Å². The van der Waals surface area contributed by atoms with Gasteiger partial charge in [-0.2, -0.15) is 9.36 Å². The van der Waals surface area contributed by atoms with Gasteiger partial charge in [0.25, 0.3) is 5.91 Å². The first-order chi connectivity index (χ1) is 13.0. The Morgan fingerprint density at radius 1 is 0.852 bits per heavy atom. The number of nitrogens with zero attached hydrogens (tertiary/aromatic N) is 6. The largest absolute Gasteiger partial charge is 0.273 e. The zero-order chi connectivity index (χ0) is 19.0. The zero-order valence-corrected chi connectivity index (χ0v) is 15.0. The van der Waals surface area contributed by atoms with E-state index in [2.05, 4.69) is 20.6 Å². The van der Waals surface area contributed by atoms with Crippen LogP contribution in [0.25, 0.3) is 22.1 Å². The van der Waals surface area contributed by atoms with E-state index in [1.54, 1.807) is 38.1 Å². The highest BCUT2D eigenvalue weighted by Crippen LogP contribution is 2.27. The fourth-order valence-corrected chi connectivity index (χ4v) is 2.99. The summed E-state index contributed by atoms with van der Waals surface area (Å²) in [5, 5.41) is 15.9. The zero-order valence-electron chi connectivity index (χ0n) is 15.0. The summed E-state index contributed by atoms with van der Waals surface area (Å²) in [7, 11) is 0. The average Bonchev–Trinajstić information content (AvgIpc) is 3.30. The van der Waals surface area contributed by atoms with Crippen LogP contribution in [0.4, 0.5) is 0 Å². The topological polar surface area (TPSA) is 95.6 Å². The van der Waals surface area contributed by atoms with Gasteiger partial charge in [0, 0.05) is 11.8 Å². The molecule has 2 aromatic heterocycles. The first kappa shape index (κ1) is 17.0. The Labute approximate surface area is 154 Å². The third-order valence-electron chi connectivity index (χ3n) is 4.68. The fourth-order valence-electron chi connectivity index (χ4n) is 2.99. The molecule has 8 heteroatoms. The standard InChI is InChI=1S/C19H18N6O2/c1-19(2,18(27)25-16-10-6-4-8-14(16)21-23-25)12-11-17(26)24-15-9-5-3-7-13(15)20-22-24/h3-10H,11-12H2,1-2H3. The van der Waals surface area contributed by atoms with E-state index in [1.807, 2.05) is 24.3 Å². The smallest absolute Gasteiger partial charge is 0.254 e. The Hall–Kier alpha value is -3.42. The molecular formula is C19H18N6O2. The maximum Gasteiger partial charge on any atom is 0.254 e. The van der Waals surface area contributed by atoms with E-state index < -0.39 is 5.41 Å². The lowest BCUT2D eigenvalue weighted by Gasteiger charge is -2.22. The summed E-state index contributed by atoms with van der Waals surface area (Å²) in [5.41, 5.74) is 1.85. The van der Waals surface area contributed by atoms with Crippen LogP contribution in [-0.2, 0) is 0 Å². The van der Waals surface area contributed by atoms with E-state index in [0.29, 0.717) is 28.5 Å². The monoisotopic (exact) mass is 362 g/mol. The Morgan fingerprint density at radius 3 is 2.00 bits per heavy atom. The molecule has 0 N–H and O–H groups in total. The second-order valence-electron chi connectivity index (χ2n) is 7.06. The van der Waals surface area contributed by atoms with E-state index in [0.717, 1.165) is 0 Å². The average molecular weight is 362 g/mol. The molecule has 0 aliphatic carbocycles. The highest BCUT2D eigenvalue weighted by Gasteiger charge is 2.32. The van der Waals surface area contributed by atoms with Gasteiger partial charge in [-0.15, -0.1) is 10.2 Å². The van der Waals surface area contributed by atoms with E-state index in [4.69, 9.17) is 0 Å². The molecule has 136 valence electrons. The van der Waals surface area contributed by atoms with E-state index in [9.17, 15) is 9.59 Å². The van der Waals surface area contributed by atoms with Crippen molar-refractivity contribution in [2.75, 3.05) is 0 Å². The molecular weight excluding hydrogens is 344 g/mol. The van der Waals surface area contributed by atoms with Gasteiger partial charge in [-0.25, -0.2) is 0 Å². The summed E-state index contributed by atoms with van der Waals surface area (Å²) in [4.78, 5) is 25.6. The highest BCUT2D eigenvalue weighted by atomic mass is 16.2. The lowest BCUT2D eigenvalue weighted by atomic mass is 9.86. The van der Waals surface area contributed by atoms with Crippen molar-refractivity contribution in [3.63, 3.8) is 0 Å². The SMILES string of the molecule is CC(C)(CCC(=O)n1nnc2ccccc21)C(=O)n1nnc2ccccc21. The van der Waals surface area contributed by atoms with Crippen LogP contribution >= 0.6 is 0 Å². The van der Waals surface area contributed by atoms with Crippen LogP contribution in [0.2, 0.25) is 0 Å². The number of aromatic nitrogens is 6. The van der Waals surface area contributed by atoms with E-state index >= 15 is 0 Å². The molecule has 0 aliphatic rings. The summed E-state index contributed by atoms with van der Waals surface area (Å²) in [5.74, 6) is -0.402. The predicted octanol–water partition coefficient (Wildman–Crippen LogP) is 2.96. The lowest BCUT2D eigenvalue weighted by Crippen LogP contribution is -2.31. The first-order valence-electron chi connectivity index (χ1n) is 8.66. The normalized spacial score (nSPS) is 11.9. The summed E-state index contributed by atoms with van der Waals surface area (Å²) in [6, 6.07) is 14.6. The molecule has 0 fully saturated rings. The molecule has 0 bridgehead atoms. The van der Waals surface area contributed by atoms with Gasteiger partial charge in [-0.05, 0) is 30.7 Å². The Morgan fingerprint density at radius 2 is 1.37 bits per heavy atom. The van der Waals surface area contributed by atoms with Crippen molar-refractivity contribution in [1.29, 1.82) is 0 Å². The second-order valence-corrected chi connectivity index (χ2v) is 7.06. The lowest BCUT2D eigenvalue weighted by molar-refractivity contribution is 0.0699. The number of benzene rings is 2. The molecule has 0 unspecified atom stereocenters. The highest BCUT2D eigenvalue weighted by molar-refractivity contribution is 5.93. The van der Waals surface area contributed by atoms with Crippen LogP contribution < -0.4 is 0 Å². The number of rotatable bonds is 4. The molecule has 4 rings (SSSR count). The number of hydrogen-bond donors (Lipinski definition) is 0. The van der Waals surface area contributed by atoms with Gasteiger partial charge in [0.05, 0.1) is 11.0 Å². The predicted molar refractivity (Wildman–Crippen MR) is 99.3 cm³/mol. The van der Waals surface area contributed by atoms with E-state index in [1.165, 1.54) is 9.36 Å². The van der Waals surface area contributed by atoms with Crippen molar-refractivity contribution < 1.29 is 9.59 Å². The van der Waals surface area contributed by atoms with Crippen molar-refractivity contribution in [1.82, 2.24) is 30.0 Å². The van der Waals surface area contributed by atoms with Gasteiger partial charge >= 0.3 is 0 Å². The van der Waals surface area contributed by atoms with Gasteiger partial charge < -0.3 is 0 Å². The number of hydrogen-bond acceptors (Lipinski definition) is 6. The number of carbonyl (C=O) groups is 2. The quantitative estimate of drug-likeness (QED) is 0.554. The number of para-hydroxylation sites is 2. The maximum atomic E-state index is 13.0. The molecule has 0 saturated heterocycles. The maximum absolute atomic E-state index is 13.0. The Balaban J connectivity index is 1.53. The second kappa shape index (κ2) is 6.39. The van der Waals surface area contributed by atoms with Crippen LogP contribution in [0.1, 0.15) is 36.3 Å². The van der Waals surface area contributed by atoms with Crippen molar-refractivity contribution >= 4 is 33.9 Å². The molecule has 0 aliphatic heterocycles. The van der Waals surface area contributed by atoms with Gasteiger partial charge in [0.2, 0.25) is 5.91 Å². The molecule has 0 spiro atoms. The number of carbonyl (C=O) groups excluding carboxylic acids is 2. The number of fused-ring (bicyclic) bond motifs is 2. The molecule has 2 aromatic carbocycles. The molecule has 0 amide bonds. The van der Waals surface area contributed by atoms with Crippen molar-refractivity contribution in [2.24, 2.45) is 5.41 Å². The fraction of sp³-hybridized carbons (Fsp3) is 0.263. The van der Waals surface area contributed by atoms with Crippen LogP contribution in [0.3, 0.4) is 0 Å². The van der Waals surface area contributed by atoms with Gasteiger partial charge in [-0.3, -0.25) is 9.59 Å². The summed E-state index contributed by atoms with van der Waals surface area (Å²) in [6.07, 6.45) is 0.520. The molecule has 0 radical (unpaired) electrons. The first-order valence-corrected chi connectivity index (χ1v) is 8.66. The van der Waals surface area contributed by atoms with Gasteiger partial charge in [-0.1, -0.05) is 48.5 Å². The summed E-state index contributed by atoms with van der Waals surface area (Å²) >= 11 is 0. The molecule has 2 heterocycles. The third-order valence-corrected chi connectivity index (χ3v) is 4.68. The minimum absolute atomic E-state index is 0.165. The molecule has 27 heavy (non-hydrogen) atoms. The minimum Gasteiger partial charge on any atom is -0.273 e. The van der Waals surface area contributed by atoms with E-state index in [-0.39, 0.29) is 18.2 Å². The molecule has 0 saturated carbocycles. The third kappa shape index (κ3) is 2.99. The minimum atomic E-state index is -0.789. The van der Waals surface area contributed by atoms with Crippen molar-refractivity contribution in [2.45, 2.75) is 26.7 Å². The van der Waals surface area contributed by atoms with Crippen LogP contribution in [0.15, 0.2) is 48.5 Å². The molecule has 4 aromatic rings. The van der Waals surface area contributed by atoms with Gasteiger partial charge in [0.15, 0.2) is 0 Å². The molecule has 8 nitrogen and oxygen atoms in total. The van der Waals surface area contributed by atoms with Crippen molar-refractivity contribution in [3.05, 3.63) is 48.5 Å².